The first kappa shape index (κ1) is 31.7. The zero-order valence-electron chi connectivity index (χ0n) is 26.1. The van der Waals surface area contributed by atoms with Gasteiger partial charge in [0.2, 0.25) is 0 Å². The van der Waals surface area contributed by atoms with Crippen LogP contribution in [0.2, 0.25) is 28.8 Å². The van der Waals surface area contributed by atoms with Crippen molar-refractivity contribution in [1.82, 2.24) is 9.97 Å². The van der Waals surface area contributed by atoms with E-state index in [4.69, 9.17) is 4.42 Å². The Kier molecular flexibility index (Phi) is 8.79. The van der Waals surface area contributed by atoms with Crippen LogP contribution in [0.5, 0.6) is 0 Å². The molecule has 0 atom stereocenters. The summed E-state index contributed by atoms with van der Waals surface area (Å²) in [6, 6.07) is 42.3. The average Bonchev–Trinajstić information content (AvgIpc) is 3.54. The van der Waals surface area contributed by atoms with E-state index in [0.717, 1.165) is 39.1 Å². The molecule has 6 heteroatoms. The molecule has 0 saturated carbocycles. The van der Waals surface area contributed by atoms with Gasteiger partial charge in [-0.2, -0.15) is 0 Å². The van der Waals surface area contributed by atoms with Gasteiger partial charge in [-0.05, 0) is 0 Å². The van der Waals surface area contributed by atoms with Crippen LogP contribution < -0.4 is 13.2 Å². The van der Waals surface area contributed by atoms with Crippen molar-refractivity contribution >= 4 is 61.7 Å². The van der Waals surface area contributed by atoms with Crippen LogP contribution in [0.3, 0.4) is 0 Å². The molecule has 225 valence electrons. The summed E-state index contributed by atoms with van der Waals surface area (Å²) < 4.78 is 11.1. The predicted molar refractivity (Wildman–Crippen MR) is 189 cm³/mol. The van der Waals surface area contributed by atoms with Crippen LogP contribution >= 0.6 is 0 Å². The largest absolute Gasteiger partial charge is 0 e. The van der Waals surface area contributed by atoms with Gasteiger partial charge in [0.1, 0.15) is 0 Å². The van der Waals surface area contributed by atoms with Crippen molar-refractivity contribution < 1.29 is 24.5 Å². The molecular formula is C39H34Ge2IrN2O-2. The Labute approximate surface area is 284 Å². The van der Waals surface area contributed by atoms with Gasteiger partial charge in [0, 0.05) is 20.1 Å². The summed E-state index contributed by atoms with van der Waals surface area (Å²) in [6.45, 7) is 0. The Balaban J connectivity index is 0.000000181. The second-order valence-corrected chi connectivity index (χ2v) is 32.6. The molecule has 0 aliphatic carbocycles. The van der Waals surface area contributed by atoms with Gasteiger partial charge in [0.15, 0.2) is 0 Å². The van der Waals surface area contributed by atoms with Crippen molar-refractivity contribution in [3.8, 4) is 33.6 Å². The van der Waals surface area contributed by atoms with E-state index in [9.17, 15) is 0 Å². The molecule has 3 nitrogen and oxygen atoms in total. The molecule has 8 rings (SSSR count). The number of hydrogen-bond acceptors (Lipinski definition) is 3. The molecule has 0 N–H and O–H groups in total. The maximum absolute atomic E-state index is 6.62. The van der Waals surface area contributed by atoms with Crippen LogP contribution in [-0.4, -0.2) is 36.5 Å². The number of benzene rings is 4. The quantitative estimate of drug-likeness (QED) is 0.133. The van der Waals surface area contributed by atoms with E-state index < -0.39 is 26.5 Å². The Morgan fingerprint density at radius 2 is 1.44 bits per heavy atom. The Morgan fingerprint density at radius 3 is 2.16 bits per heavy atom. The van der Waals surface area contributed by atoms with E-state index >= 15 is 0 Å². The normalized spacial score (nSPS) is 13.0. The topological polar surface area (TPSA) is 38.9 Å². The Bertz CT molecular complexity index is 2120. The molecule has 0 unspecified atom stereocenters. The van der Waals surface area contributed by atoms with E-state index in [0.29, 0.717) is 0 Å². The molecule has 0 amide bonds. The van der Waals surface area contributed by atoms with Crippen molar-refractivity contribution in [1.29, 1.82) is 0 Å². The fraction of sp³-hybridized carbons (Fsp3) is 0.128. The van der Waals surface area contributed by atoms with Gasteiger partial charge in [0.05, 0.1) is 0 Å². The number of nitrogens with zero attached hydrogens (tertiary/aromatic N) is 2. The van der Waals surface area contributed by atoms with Crippen LogP contribution in [0, 0.1) is 12.1 Å². The molecule has 1 radical (unpaired) electrons. The molecule has 4 aromatic carbocycles. The molecule has 0 spiro atoms. The third-order valence-corrected chi connectivity index (χ3v) is 20.3. The van der Waals surface area contributed by atoms with E-state index in [2.05, 4.69) is 105 Å². The van der Waals surface area contributed by atoms with Crippen molar-refractivity contribution in [2.45, 2.75) is 28.8 Å². The number of hydrogen-bond donors (Lipinski definition) is 0. The molecule has 45 heavy (non-hydrogen) atoms. The van der Waals surface area contributed by atoms with Crippen LogP contribution in [-0.2, 0) is 20.1 Å². The average molecular weight is 884 g/mol. The minimum absolute atomic E-state index is 0. The molecule has 0 saturated heterocycles. The van der Waals surface area contributed by atoms with Crippen LogP contribution in [0.15, 0.2) is 120 Å². The van der Waals surface area contributed by atoms with Gasteiger partial charge in [-0.25, -0.2) is 0 Å². The minimum Gasteiger partial charge on any atom is 0 e. The standard InChI is InChI=1S/C25H18GeNO.C14H16GeN.Ir/c1-26(2)21-11-4-3-8-16(21)17-13-14-19-18-9-7-10-20(22-12-5-6-15-27-22)24(18)28-25(19)23(17)26;1-15(2,3)13-9-10-14(16-11-13)12-7-5-4-6-8-12;/h3-9,11-15H,1-2H3;4-7,9-11H,1-3H3;/q2*-1;. The summed E-state index contributed by atoms with van der Waals surface area (Å²) in [6.07, 6.45) is 3.85. The van der Waals surface area contributed by atoms with Crippen molar-refractivity contribution in [3.63, 3.8) is 0 Å². The number of rotatable bonds is 3. The summed E-state index contributed by atoms with van der Waals surface area (Å²) in [5.41, 5.74) is 8.60. The zero-order chi connectivity index (χ0) is 30.5. The SMILES string of the molecule is [CH3][Ge]([CH3])([CH3])[c]1ccc(-c2[c-]cccc2)nc1.[CH3][Ge]1([CH3])[c]2ccccc2-c2ccc3c(oc4c(-c5ccccn5)[c-]ccc43)[c]21.[Ir]. The molecule has 3 aromatic heterocycles. The van der Waals surface area contributed by atoms with E-state index in [1.165, 1.54) is 25.3 Å². The third kappa shape index (κ3) is 5.78. The summed E-state index contributed by atoms with van der Waals surface area (Å²) in [7, 11) is 0. The molecule has 7 aromatic rings. The van der Waals surface area contributed by atoms with Crippen molar-refractivity contribution in [3.05, 3.63) is 128 Å². The molecular weight excluding hydrogens is 850 g/mol. The summed E-state index contributed by atoms with van der Waals surface area (Å²) in [5.74, 6) is 12.1. The monoisotopic (exact) mass is 887 g/mol. The van der Waals surface area contributed by atoms with Crippen LogP contribution in [0.4, 0.5) is 0 Å². The number of furan rings is 1. The third-order valence-electron chi connectivity index (χ3n) is 8.65. The smallest absolute Gasteiger partial charge is 0 e. The molecule has 1 aliphatic heterocycles. The first-order valence-corrected chi connectivity index (χ1v) is 28.7. The molecule has 0 bridgehead atoms. The second-order valence-electron chi connectivity index (χ2n) is 12.9. The van der Waals surface area contributed by atoms with Gasteiger partial charge in [-0.1, -0.05) is 0 Å². The van der Waals surface area contributed by atoms with Gasteiger partial charge in [-0.15, -0.1) is 0 Å². The second kappa shape index (κ2) is 12.5. The van der Waals surface area contributed by atoms with Gasteiger partial charge in [-0.3, -0.25) is 0 Å². The van der Waals surface area contributed by atoms with E-state index in [1.807, 2.05) is 60.9 Å². The summed E-state index contributed by atoms with van der Waals surface area (Å²) in [4.78, 5) is 9.05. The predicted octanol–water partition coefficient (Wildman–Crippen LogP) is 8.34. The Morgan fingerprint density at radius 1 is 0.667 bits per heavy atom. The maximum Gasteiger partial charge on any atom is 0 e. The first-order valence-electron chi connectivity index (χ1n) is 15.1. The minimum atomic E-state index is -2.43. The fourth-order valence-electron chi connectivity index (χ4n) is 6.30. The first-order chi connectivity index (χ1) is 21.2. The van der Waals surface area contributed by atoms with E-state index in [-0.39, 0.29) is 20.1 Å². The van der Waals surface area contributed by atoms with Crippen molar-refractivity contribution in [2.75, 3.05) is 0 Å². The molecule has 1 aliphatic rings. The van der Waals surface area contributed by atoms with Crippen LogP contribution in [0.25, 0.3) is 55.6 Å². The number of aromatic nitrogens is 2. The fourth-order valence-corrected chi connectivity index (χ4v) is 15.4. The Hall–Kier alpha value is -3.28. The van der Waals surface area contributed by atoms with Gasteiger partial charge in [0.25, 0.3) is 0 Å². The number of pyridine rings is 2. The van der Waals surface area contributed by atoms with Crippen LogP contribution in [0.1, 0.15) is 0 Å². The summed E-state index contributed by atoms with van der Waals surface area (Å²) in [5, 5.41) is 2.35. The zero-order valence-corrected chi connectivity index (χ0v) is 32.7. The number of fused-ring (bicyclic) bond motifs is 7. The summed E-state index contributed by atoms with van der Waals surface area (Å²) >= 11 is -4.14. The molecule has 4 heterocycles. The van der Waals surface area contributed by atoms with E-state index in [1.54, 1.807) is 4.40 Å². The van der Waals surface area contributed by atoms with Crippen molar-refractivity contribution in [2.24, 2.45) is 0 Å². The maximum atomic E-state index is 6.62. The van der Waals surface area contributed by atoms with Gasteiger partial charge < -0.3 is 0 Å². The molecule has 0 fully saturated rings. The van der Waals surface area contributed by atoms with Gasteiger partial charge >= 0.3 is 266 Å².